The zero-order valence-electron chi connectivity index (χ0n) is 7.43. The molecule has 1 aliphatic rings. The Morgan fingerprint density at radius 2 is 2.00 bits per heavy atom. The Morgan fingerprint density at radius 3 is 2.38 bits per heavy atom. The lowest BCUT2D eigenvalue weighted by atomic mass is 9.82. The zero-order valence-corrected chi connectivity index (χ0v) is 7.43. The monoisotopic (exact) mass is 187 g/mol. The topological polar surface area (TPSA) is 77.8 Å². The van der Waals surface area contributed by atoms with E-state index in [2.05, 4.69) is 0 Å². The highest BCUT2D eigenvalue weighted by atomic mass is 16.4. The Balaban J connectivity index is 2.29. The summed E-state index contributed by atoms with van der Waals surface area (Å²) in [6.45, 7) is 0.419. The first-order valence-electron chi connectivity index (χ1n) is 4.17. The van der Waals surface area contributed by atoms with Crippen LogP contribution in [-0.4, -0.2) is 46.7 Å². The van der Waals surface area contributed by atoms with Crippen molar-refractivity contribution in [2.75, 3.05) is 13.6 Å². The van der Waals surface area contributed by atoms with Crippen LogP contribution in [0.25, 0.3) is 0 Å². The number of carboxylic acid groups (broad SMARTS) is 1. The summed E-state index contributed by atoms with van der Waals surface area (Å²) >= 11 is 0. The number of aliphatic carboxylic acids is 1. The summed E-state index contributed by atoms with van der Waals surface area (Å²) in [6.07, 6.45) is 1.06. The fourth-order valence-electron chi connectivity index (χ4n) is 1.48. The van der Waals surface area contributed by atoms with E-state index in [-0.39, 0.29) is 12.0 Å². The SMILES string of the molecule is CN(CC1CC(O)C1)C(=O)C(=O)O. The van der Waals surface area contributed by atoms with E-state index < -0.39 is 11.9 Å². The molecule has 1 aliphatic carbocycles. The van der Waals surface area contributed by atoms with Crippen molar-refractivity contribution in [2.24, 2.45) is 5.92 Å². The van der Waals surface area contributed by atoms with Crippen LogP contribution >= 0.6 is 0 Å². The van der Waals surface area contributed by atoms with Crippen LogP contribution in [-0.2, 0) is 9.59 Å². The standard InChI is InChI=1S/C8H13NO4/c1-9(7(11)8(12)13)4-5-2-6(10)3-5/h5-6,10H,2-4H2,1H3,(H,12,13). The minimum atomic E-state index is -1.43. The van der Waals surface area contributed by atoms with Gasteiger partial charge in [0.1, 0.15) is 0 Å². The molecule has 0 unspecified atom stereocenters. The number of nitrogens with zero attached hydrogens (tertiary/aromatic N) is 1. The van der Waals surface area contributed by atoms with E-state index in [0.29, 0.717) is 19.4 Å². The molecule has 1 rings (SSSR count). The molecule has 5 heteroatoms. The molecule has 0 saturated heterocycles. The molecule has 0 bridgehead atoms. The van der Waals surface area contributed by atoms with Crippen molar-refractivity contribution in [3.63, 3.8) is 0 Å². The molecule has 1 fully saturated rings. The van der Waals surface area contributed by atoms with E-state index in [1.165, 1.54) is 11.9 Å². The minimum absolute atomic E-state index is 0.253. The van der Waals surface area contributed by atoms with Crippen LogP contribution < -0.4 is 0 Å². The number of carbonyl (C=O) groups excluding carboxylic acids is 1. The number of amides is 1. The van der Waals surface area contributed by atoms with Crippen molar-refractivity contribution in [1.82, 2.24) is 4.90 Å². The third-order valence-corrected chi connectivity index (χ3v) is 2.27. The molecule has 0 atom stereocenters. The van der Waals surface area contributed by atoms with E-state index in [9.17, 15) is 9.59 Å². The van der Waals surface area contributed by atoms with Gasteiger partial charge in [0.2, 0.25) is 0 Å². The summed E-state index contributed by atoms with van der Waals surface area (Å²) < 4.78 is 0. The fourth-order valence-corrected chi connectivity index (χ4v) is 1.48. The summed E-state index contributed by atoms with van der Waals surface area (Å²) in [4.78, 5) is 22.3. The quantitative estimate of drug-likeness (QED) is 0.560. The number of hydrogen-bond acceptors (Lipinski definition) is 3. The molecule has 0 aliphatic heterocycles. The largest absolute Gasteiger partial charge is 0.474 e. The van der Waals surface area contributed by atoms with E-state index in [1.807, 2.05) is 0 Å². The Kier molecular flexibility index (Phi) is 2.87. The van der Waals surface area contributed by atoms with Gasteiger partial charge in [-0.3, -0.25) is 4.79 Å². The maximum atomic E-state index is 10.9. The summed E-state index contributed by atoms with van der Waals surface area (Å²) in [5.74, 6) is -2.06. The Morgan fingerprint density at radius 1 is 1.46 bits per heavy atom. The number of hydrogen-bond donors (Lipinski definition) is 2. The van der Waals surface area contributed by atoms with Gasteiger partial charge >= 0.3 is 11.9 Å². The number of aliphatic hydroxyl groups excluding tert-OH is 1. The van der Waals surface area contributed by atoms with E-state index in [4.69, 9.17) is 10.2 Å². The maximum absolute atomic E-state index is 10.9. The molecule has 1 amide bonds. The van der Waals surface area contributed by atoms with Gasteiger partial charge in [-0.25, -0.2) is 4.79 Å². The second-order valence-electron chi connectivity index (χ2n) is 3.48. The van der Waals surface area contributed by atoms with Crippen molar-refractivity contribution in [3.8, 4) is 0 Å². The molecule has 0 heterocycles. The molecular formula is C8H13NO4. The number of aliphatic hydroxyl groups is 1. The number of carbonyl (C=O) groups is 2. The van der Waals surface area contributed by atoms with Crippen LogP contribution in [0, 0.1) is 5.92 Å². The molecule has 0 aromatic heterocycles. The normalized spacial score (nSPS) is 26.3. The molecule has 0 spiro atoms. The predicted octanol–water partition coefficient (Wildman–Crippen LogP) is -0.700. The van der Waals surface area contributed by atoms with Crippen molar-refractivity contribution in [2.45, 2.75) is 18.9 Å². The van der Waals surface area contributed by atoms with Crippen LogP contribution in [0.5, 0.6) is 0 Å². The van der Waals surface area contributed by atoms with Crippen LogP contribution in [0.3, 0.4) is 0 Å². The maximum Gasteiger partial charge on any atom is 0.394 e. The third kappa shape index (κ3) is 2.42. The molecule has 74 valence electrons. The molecule has 0 radical (unpaired) electrons. The Labute approximate surface area is 76.0 Å². The summed E-state index contributed by atoms with van der Waals surface area (Å²) in [5, 5.41) is 17.3. The number of carboxylic acids is 1. The molecule has 0 aromatic carbocycles. The number of rotatable bonds is 2. The first-order valence-corrected chi connectivity index (χ1v) is 4.17. The van der Waals surface area contributed by atoms with Crippen molar-refractivity contribution >= 4 is 11.9 Å². The number of likely N-dealkylation sites (N-methyl/N-ethyl adjacent to an activating group) is 1. The van der Waals surface area contributed by atoms with Crippen LogP contribution in [0.1, 0.15) is 12.8 Å². The van der Waals surface area contributed by atoms with Gasteiger partial charge in [0.15, 0.2) is 0 Å². The van der Waals surface area contributed by atoms with Crippen molar-refractivity contribution < 1.29 is 19.8 Å². The molecule has 13 heavy (non-hydrogen) atoms. The second-order valence-corrected chi connectivity index (χ2v) is 3.48. The average molecular weight is 187 g/mol. The molecular weight excluding hydrogens is 174 g/mol. The van der Waals surface area contributed by atoms with Crippen LogP contribution in [0.4, 0.5) is 0 Å². The average Bonchev–Trinajstić information content (AvgIpc) is 2.00. The highest BCUT2D eigenvalue weighted by molar-refractivity contribution is 6.31. The van der Waals surface area contributed by atoms with Crippen LogP contribution in [0.15, 0.2) is 0 Å². The summed E-state index contributed by atoms with van der Waals surface area (Å²) in [5.41, 5.74) is 0. The molecule has 2 N–H and O–H groups in total. The molecule has 5 nitrogen and oxygen atoms in total. The van der Waals surface area contributed by atoms with Gasteiger partial charge in [0.25, 0.3) is 0 Å². The predicted molar refractivity (Wildman–Crippen MR) is 44.0 cm³/mol. The lowest BCUT2D eigenvalue weighted by Crippen LogP contribution is -2.41. The lowest BCUT2D eigenvalue weighted by molar-refractivity contribution is -0.155. The molecule has 0 aromatic rings. The third-order valence-electron chi connectivity index (χ3n) is 2.27. The summed E-state index contributed by atoms with van der Waals surface area (Å²) in [7, 11) is 1.46. The minimum Gasteiger partial charge on any atom is -0.474 e. The van der Waals surface area contributed by atoms with E-state index in [0.717, 1.165) is 0 Å². The zero-order chi connectivity index (χ0) is 10.0. The highest BCUT2D eigenvalue weighted by Crippen LogP contribution is 2.27. The van der Waals surface area contributed by atoms with Gasteiger partial charge in [-0.15, -0.1) is 0 Å². The Bertz CT molecular complexity index is 222. The molecule has 1 saturated carbocycles. The smallest absolute Gasteiger partial charge is 0.394 e. The van der Waals surface area contributed by atoms with Gasteiger partial charge in [0.05, 0.1) is 6.10 Å². The van der Waals surface area contributed by atoms with Crippen LogP contribution in [0.2, 0.25) is 0 Å². The fraction of sp³-hybridized carbons (Fsp3) is 0.750. The summed E-state index contributed by atoms with van der Waals surface area (Å²) in [6, 6.07) is 0. The van der Waals surface area contributed by atoms with Gasteiger partial charge < -0.3 is 15.1 Å². The van der Waals surface area contributed by atoms with Gasteiger partial charge in [-0.1, -0.05) is 0 Å². The van der Waals surface area contributed by atoms with Gasteiger partial charge in [0, 0.05) is 13.6 Å². The van der Waals surface area contributed by atoms with Crippen molar-refractivity contribution in [3.05, 3.63) is 0 Å². The first kappa shape index (κ1) is 9.98. The van der Waals surface area contributed by atoms with E-state index in [1.54, 1.807) is 0 Å². The van der Waals surface area contributed by atoms with Gasteiger partial charge in [-0.2, -0.15) is 0 Å². The van der Waals surface area contributed by atoms with E-state index >= 15 is 0 Å². The Hall–Kier alpha value is -1.10. The first-order chi connectivity index (χ1) is 6.00. The second kappa shape index (κ2) is 3.74. The lowest BCUT2D eigenvalue weighted by Gasteiger charge is -2.33. The van der Waals surface area contributed by atoms with Crippen molar-refractivity contribution in [1.29, 1.82) is 0 Å². The highest BCUT2D eigenvalue weighted by Gasteiger charge is 2.30. The van der Waals surface area contributed by atoms with Gasteiger partial charge in [-0.05, 0) is 18.8 Å².